The Hall–Kier alpha value is -1.70. The zero-order valence-electron chi connectivity index (χ0n) is 11.4. The van der Waals surface area contributed by atoms with Crippen molar-refractivity contribution >= 4 is 33.3 Å². The highest BCUT2D eigenvalue weighted by Gasteiger charge is 2.28. The molecule has 1 amide bonds. The number of hydrogen-bond acceptors (Lipinski definition) is 5. The second kappa shape index (κ2) is 6.84. The number of nitrogens with two attached hydrogens (primary N) is 1. The molecule has 2 rings (SSSR count). The highest BCUT2D eigenvalue weighted by atomic mass is 79.9. The van der Waals surface area contributed by atoms with Crippen molar-refractivity contribution in [3.63, 3.8) is 0 Å². The van der Waals surface area contributed by atoms with Crippen molar-refractivity contribution in [2.75, 3.05) is 5.32 Å². The predicted octanol–water partition coefficient (Wildman–Crippen LogP) is 2.60. The molecule has 21 heavy (non-hydrogen) atoms. The number of aromatic nitrogens is 1. The summed E-state index contributed by atoms with van der Waals surface area (Å²) in [4.78, 5) is 25.9. The van der Waals surface area contributed by atoms with E-state index in [1.165, 1.54) is 12.3 Å². The fourth-order valence-electron chi connectivity index (χ4n) is 2.63. The minimum absolute atomic E-state index is 0.0836. The average Bonchev–Trinajstić information content (AvgIpc) is 2.66. The summed E-state index contributed by atoms with van der Waals surface area (Å²) in [5.74, 6) is -0.0532. The van der Waals surface area contributed by atoms with Gasteiger partial charge in [-0.05, 0) is 28.8 Å². The summed E-state index contributed by atoms with van der Waals surface area (Å²) < 4.78 is 0.504. The topological polar surface area (TPSA) is 111 Å². The number of carbonyl (C=O) groups excluding carboxylic acids is 1. The Morgan fingerprint density at radius 3 is 2.76 bits per heavy atom. The minimum atomic E-state index is -0.501. The van der Waals surface area contributed by atoms with Crippen LogP contribution in [0.3, 0.4) is 0 Å². The van der Waals surface area contributed by atoms with Gasteiger partial charge in [0.2, 0.25) is 5.91 Å². The van der Waals surface area contributed by atoms with Crippen molar-refractivity contribution in [3.8, 4) is 0 Å². The Bertz CT molecular complexity index is 552. The predicted molar refractivity (Wildman–Crippen MR) is 81.8 cm³/mol. The van der Waals surface area contributed by atoms with Crippen LogP contribution in [0.25, 0.3) is 0 Å². The molecule has 0 aliphatic heterocycles. The number of pyridine rings is 1. The molecule has 1 aliphatic rings. The molecular weight excluding hydrogens is 340 g/mol. The van der Waals surface area contributed by atoms with Gasteiger partial charge in [0.15, 0.2) is 0 Å². The molecule has 1 fully saturated rings. The first-order chi connectivity index (χ1) is 9.99. The summed E-state index contributed by atoms with van der Waals surface area (Å²) in [7, 11) is 0. The van der Waals surface area contributed by atoms with Gasteiger partial charge in [-0.1, -0.05) is 19.3 Å². The van der Waals surface area contributed by atoms with E-state index in [-0.39, 0.29) is 23.6 Å². The van der Waals surface area contributed by atoms with Crippen molar-refractivity contribution in [2.24, 2.45) is 11.7 Å². The molecule has 7 nitrogen and oxygen atoms in total. The number of primary amides is 1. The molecule has 114 valence electrons. The number of halogens is 1. The third kappa shape index (κ3) is 3.90. The fraction of sp³-hybridized carbons (Fsp3) is 0.538. The lowest BCUT2D eigenvalue weighted by molar-refractivity contribution is -0.385. The Morgan fingerprint density at radius 2 is 2.14 bits per heavy atom. The van der Waals surface area contributed by atoms with Crippen LogP contribution < -0.4 is 11.1 Å². The molecule has 0 aromatic carbocycles. The molecule has 0 saturated heterocycles. The molecule has 0 radical (unpaired) electrons. The van der Waals surface area contributed by atoms with Gasteiger partial charge >= 0.3 is 0 Å². The number of rotatable bonds is 4. The summed E-state index contributed by atoms with van der Waals surface area (Å²) in [5, 5.41) is 13.9. The first-order valence-corrected chi connectivity index (χ1v) is 7.64. The Kier molecular flexibility index (Phi) is 5.11. The lowest BCUT2D eigenvalue weighted by Gasteiger charge is -2.24. The number of amides is 1. The monoisotopic (exact) mass is 356 g/mol. The Labute approximate surface area is 130 Å². The van der Waals surface area contributed by atoms with E-state index in [1.807, 2.05) is 0 Å². The van der Waals surface area contributed by atoms with E-state index < -0.39 is 4.92 Å². The molecule has 1 aliphatic carbocycles. The zero-order chi connectivity index (χ0) is 15.4. The standard InChI is InChI=1S/C13H17BrN4O3/c14-10-6-8(18(20)21)7-16-13(10)17-11-5-3-1-2-4-9(11)12(15)19/h6-7,9,11H,1-5H2,(H2,15,19)(H,16,17). The molecule has 2 unspecified atom stereocenters. The molecule has 2 atom stereocenters. The van der Waals surface area contributed by atoms with Crippen molar-refractivity contribution in [1.82, 2.24) is 4.98 Å². The van der Waals surface area contributed by atoms with E-state index in [9.17, 15) is 14.9 Å². The number of carbonyl (C=O) groups is 1. The average molecular weight is 357 g/mol. The van der Waals surface area contributed by atoms with Crippen LogP contribution in [-0.4, -0.2) is 21.9 Å². The van der Waals surface area contributed by atoms with Crippen molar-refractivity contribution < 1.29 is 9.72 Å². The van der Waals surface area contributed by atoms with Crippen LogP contribution in [0.1, 0.15) is 32.1 Å². The lowest BCUT2D eigenvalue weighted by atomic mass is 9.94. The summed E-state index contributed by atoms with van der Waals surface area (Å²) in [6, 6.07) is 1.31. The van der Waals surface area contributed by atoms with Crippen molar-refractivity contribution in [3.05, 3.63) is 26.9 Å². The zero-order valence-corrected chi connectivity index (χ0v) is 13.0. The molecule has 8 heteroatoms. The third-order valence-electron chi connectivity index (χ3n) is 3.74. The first kappa shape index (κ1) is 15.7. The van der Waals surface area contributed by atoms with Crippen LogP contribution in [0.5, 0.6) is 0 Å². The molecule has 1 aromatic heterocycles. The van der Waals surface area contributed by atoms with E-state index in [0.717, 1.165) is 32.1 Å². The number of anilines is 1. The van der Waals surface area contributed by atoms with Gasteiger partial charge in [0.1, 0.15) is 12.0 Å². The van der Waals surface area contributed by atoms with E-state index >= 15 is 0 Å². The number of nitrogens with one attached hydrogen (secondary N) is 1. The van der Waals surface area contributed by atoms with E-state index in [4.69, 9.17) is 5.73 Å². The van der Waals surface area contributed by atoms with E-state index in [0.29, 0.717) is 10.3 Å². The molecule has 3 N–H and O–H groups in total. The van der Waals surface area contributed by atoms with Gasteiger partial charge in [-0.15, -0.1) is 0 Å². The van der Waals surface area contributed by atoms with Gasteiger partial charge in [0.25, 0.3) is 5.69 Å². The second-order valence-electron chi connectivity index (χ2n) is 5.18. The summed E-state index contributed by atoms with van der Waals surface area (Å²) >= 11 is 3.27. The van der Waals surface area contributed by atoms with Gasteiger partial charge < -0.3 is 11.1 Å². The normalized spacial score (nSPS) is 22.3. The Morgan fingerprint density at radius 1 is 1.43 bits per heavy atom. The van der Waals surface area contributed by atoms with E-state index in [1.54, 1.807) is 0 Å². The van der Waals surface area contributed by atoms with Gasteiger partial charge in [-0.25, -0.2) is 4.98 Å². The van der Waals surface area contributed by atoms with Gasteiger partial charge in [-0.3, -0.25) is 14.9 Å². The van der Waals surface area contributed by atoms with Crippen LogP contribution in [0.15, 0.2) is 16.7 Å². The van der Waals surface area contributed by atoms with Crippen LogP contribution in [-0.2, 0) is 4.79 Å². The SMILES string of the molecule is NC(=O)C1CCCCCC1Nc1ncc([N+](=O)[O-])cc1Br. The van der Waals surface area contributed by atoms with Gasteiger partial charge in [0, 0.05) is 12.1 Å². The summed E-state index contributed by atoms with van der Waals surface area (Å²) in [5.41, 5.74) is 5.40. The maximum atomic E-state index is 11.6. The highest BCUT2D eigenvalue weighted by Crippen LogP contribution is 2.30. The first-order valence-electron chi connectivity index (χ1n) is 6.85. The van der Waals surface area contributed by atoms with Crippen LogP contribution in [0.4, 0.5) is 11.5 Å². The third-order valence-corrected chi connectivity index (χ3v) is 4.35. The van der Waals surface area contributed by atoms with Crippen molar-refractivity contribution in [2.45, 2.75) is 38.1 Å². The number of nitro groups is 1. The summed E-state index contributed by atoms with van der Waals surface area (Å²) in [6.07, 6.45) is 5.88. The molecule has 1 saturated carbocycles. The van der Waals surface area contributed by atoms with Crippen LogP contribution in [0.2, 0.25) is 0 Å². The maximum Gasteiger partial charge on any atom is 0.288 e. The van der Waals surface area contributed by atoms with Crippen molar-refractivity contribution in [1.29, 1.82) is 0 Å². The smallest absolute Gasteiger partial charge is 0.288 e. The van der Waals surface area contributed by atoms with Gasteiger partial charge in [-0.2, -0.15) is 0 Å². The largest absolute Gasteiger partial charge is 0.369 e. The molecule has 1 heterocycles. The maximum absolute atomic E-state index is 11.6. The van der Waals surface area contributed by atoms with Crippen LogP contribution in [0, 0.1) is 16.0 Å². The minimum Gasteiger partial charge on any atom is -0.369 e. The Balaban J connectivity index is 2.18. The fourth-order valence-corrected chi connectivity index (χ4v) is 3.08. The summed E-state index contributed by atoms with van der Waals surface area (Å²) in [6.45, 7) is 0. The molecule has 0 bridgehead atoms. The molecule has 1 aromatic rings. The number of hydrogen-bond donors (Lipinski definition) is 2. The molecular formula is C13H17BrN4O3. The quantitative estimate of drug-likeness (QED) is 0.489. The van der Waals surface area contributed by atoms with Crippen LogP contribution >= 0.6 is 15.9 Å². The highest BCUT2D eigenvalue weighted by molar-refractivity contribution is 9.10. The van der Waals surface area contributed by atoms with Gasteiger partial charge in [0.05, 0.1) is 15.3 Å². The van der Waals surface area contributed by atoms with E-state index in [2.05, 4.69) is 26.2 Å². The number of nitrogens with zero attached hydrogens (tertiary/aromatic N) is 2. The molecule has 0 spiro atoms. The second-order valence-corrected chi connectivity index (χ2v) is 6.03. The lowest BCUT2D eigenvalue weighted by Crippen LogP contribution is -2.37.